The number of hydrogen-bond donors (Lipinski definition) is 2. The van der Waals surface area contributed by atoms with Gasteiger partial charge in [0.1, 0.15) is 11.3 Å². The van der Waals surface area contributed by atoms with Crippen molar-refractivity contribution in [3.63, 3.8) is 0 Å². The number of hydrogen-bond acceptors (Lipinski definition) is 5. The van der Waals surface area contributed by atoms with Gasteiger partial charge in [0.15, 0.2) is 5.65 Å². The SMILES string of the molecule is CC1(O)CC(c2ccnc3c(C(N)=O)c(-c4ccc5ccc(-c6ccccc6)nc5c4)nn23)C1. The lowest BCUT2D eigenvalue weighted by atomic mass is 9.70. The Kier molecular flexibility index (Phi) is 4.50. The van der Waals surface area contributed by atoms with Crippen LogP contribution in [0.15, 0.2) is 72.9 Å². The number of amides is 1. The number of aromatic nitrogens is 4. The molecule has 0 radical (unpaired) electrons. The maximum absolute atomic E-state index is 12.5. The maximum atomic E-state index is 12.5. The summed E-state index contributed by atoms with van der Waals surface area (Å²) in [6.45, 7) is 1.83. The summed E-state index contributed by atoms with van der Waals surface area (Å²) in [6.07, 6.45) is 2.94. The molecule has 6 rings (SSSR count). The highest BCUT2D eigenvalue weighted by atomic mass is 16.3. The van der Waals surface area contributed by atoms with Crippen LogP contribution >= 0.6 is 0 Å². The molecule has 7 nitrogen and oxygen atoms in total. The molecule has 168 valence electrons. The van der Waals surface area contributed by atoms with E-state index >= 15 is 0 Å². The number of nitrogens with two attached hydrogens (primary N) is 1. The van der Waals surface area contributed by atoms with Crippen molar-refractivity contribution in [3.8, 4) is 22.5 Å². The number of primary amides is 1. The van der Waals surface area contributed by atoms with Crippen molar-refractivity contribution in [2.75, 3.05) is 0 Å². The van der Waals surface area contributed by atoms with Crippen molar-refractivity contribution in [3.05, 3.63) is 84.2 Å². The highest BCUT2D eigenvalue weighted by Crippen LogP contribution is 2.44. The molecule has 0 bridgehead atoms. The van der Waals surface area contributed by atoms with Crippen LogP contribution in [0.5, 0.6) is 0 Å². The van der Waals surface area contributed by atoms with Gasteiger partial charge in [-0.15, -0.1) is 0 Å². The first-order valence-corrected chi connectivity index (χ1v) is 11.3. The quantitative estimate of drug-likeness (QED) is 0.425. The van der Waals surface area contributed by atoms with Gasteiger partial charge >= 0.3 is 0 Å². The fourth-order valence-electron chi connectivity index (χ4n) is 4.95. The first-order chi connectivity index (χ1) is 16.4. The molecule has 0 saturated heterocycles. The third-order valence-electron chi connectivity index (χ3n) is 6.62. The summed E-state index contributed by atoms with van der Waals surface area (Å²) >= 11 is 0. The highest BCUT2D eigenvalue weighted by Gasteiger charge is 2.40. The number of carbonyl (C=O) groups is 1. The first kappa shape index (κ1) is 20.5. The second-order valence-electron chi connectivity index (χ2n) is 9.27. The van der Waals surface area contributed by atoms with Crippen LogP contribution in [-0.2, 0) is 0 Å². The lowest BCUT2D eigenvalue weighted by Gasteiger charge is -2.40. The number of carbonyl (C=O) groups excluding carboxylic acids is 1. The lowest BCUT2D eigenvalue weighted by Crippen LogP contribution is -2.40. The zero-order valence-corrected chi connectivity index (χ0v) is 18.6. The molecule has 1 saturated carbocycles. The van der Waals surface area contributed by atoms with Gasteiger partial charge < -0.3 is 10.8 Å². The summed E-state index contributed by atoms with van der Waals surface area (Å²) in [6, 6.07) is 21.8. The Hall–Kier alpha value is -4.10. The molecule has 0 atom stereocenters. The molecular formula is C27H23N5O2. The Morgan fingerprint density at radius 1 is 1.06 bits per heavy atom. The average Bonchev–Trinajstić information content (AvgIpc) is 3.22. The number of pyridine rings is 1. The number of benzene rings is 2. The minimum Gasteiger partial charge on any atom is -0.390 e. The van der Waals surface area contributed by atoms with Crippen LogP contribution in [0.3, 0.4) is 0 Å². The van der Waals surface area contributed by atoms with E-state index in [0.717, 1.165) is 33.4 Å². The minimum absolute atomic E-state index is 0.140. The molecular weight excluding hydrogens is 426 g/mol. The first-order valence-electron chi connectivity index (χ1n) is 11.3. The second-order valence-corrected chi connectivity index (χ2v) is 9.27. The molecule has 3 aromatic heterocycles. The molecule has 34 heavy (non-hydrogen) atoms. The normalized spacial score (nSPS) is 19.9. The van der Waals surface area contributed by atoms with E-state index in [0.29, 0.717) is 24.2 Å². The van der Waals surface area contributed by atoms with Gasteiger partial charge in [-0.3, -0.25) is 4.79 Å². The highest BCUT2D eigenvalue weighted by molar-refractivity contribution is 6.05. The number of nitrogens with zero attached hydrogens (tertiary/aromatic N) is 4. The lowest BCUT2D eigenvalue weighted by molar-refractivity contribution is -0.0328. The van der Waals surface area contributed by atoms with E-state index in [1.54, 1.807) is 10.7 Å². The topological polar surface area (TPSA) is 106 Å². The fourth-order valence-corrected chi connectivity index (χ4v) is 4.95. The average molecular weight is 450 g/mol. The molecule has 0 unspecified atom stereocenters. The van der Waals surface area contributed by atoms with Crippen molar-refractivity contribution in [1.82, 2.24) is 19.6 Å². The standard InChI is InChI=1S/C27H23N5O2/c1-27(34)14-19(15-27)22-11-12-29-26-23(25(28)33)24(31-32(22)26)18-8-7-17-9-10-20(30-21(17)13-18)16-5-3-2-4-6-16/h2-13,19,34H,14-15H2,1H3,(H2,28,33). The summed E-state index contributed by atoms with van der Waals surface area (Å²) < 4.78 is 1.70. The zero-order valence-electron chi connectivity index (χ0n) is 18.6. The van der Waals surface area contributed by atoms with Crippen LogP contribution in [0, 0.1) is 0 Å². The van der Waals surface area contributed by atoms with E-state index in [2.05, 4.69) is 4.98 Å². The molecule has 3 heterocycles. The van der Waals surface area contributed by atoms with Crippen LogP contribution in [0.4, 0.5) is 0 Å². The van der Waals surface area contributed by atoms with Crippen molar-refractivity contribution in [2.24, 2.45) is 5.73 Å². The monoisotopic (exact) mass is 449 g/mol. The predicted octanol–water partition coefficient (Wildman–Crippen LogP) is 4.34. The predicted molar refractivity (Wildman–Crippen MR) is 130 cm³/mol. The molecule has 1 aliphatic rings. The van der Waals surface area contributed by atoms with E-state index < -0.39 is 11.5 Å². The molecule has 5 aromatic rings. The summed E-state index contributed by atoms with van der Waals surface area (Å²) in [7, 11) is 0. The Bertz CT molecular complexity index is 1560. The van der Waals surface area contributed by atoms with Crippen molar-refractivity contribution >= 4 is 22.5 Å². The Morgan fingerprint density at radius 3 is 2.56 bits per heavy atom. The Labute approximate surface area is 195 Å². The summed E-state index contributed by atoms with van der Waals surface area (Å²) in [4.78, 5) is 21.8. The molecule has 1 amide bonds. The van der Waals surface area contributed by atoms with Crippen LogP contribution in [-0.4, -0.2) is 36.2 Å². The maximum Gasteiger partial charge on any atom is 0.254 e. The van der Waals surface area contributed by atoms with Crippen LogP contribution < -0.4 is 5.73 Å². The smallest absolute Gasteiger partial charge is 0.254 e. The molecule has 0 spiro atoms. The molecule has 1 aliphatic carbocycles. The number of rotatable bonds is 4. The van der Waals surface area contributed by atoms with E-state index in [1.165, 1.54) is 0 Å². The Morgan fingerprint density at radius 2 is 1.82 bits per heavy atom. The zero-order chi connectivity index (χ0) is 23.4. The molecule has 2 aromatic carbocycles. The van der Waals surface area contributed by atoms with Gasteiger partial charge in [-0.1, -0.05) is 48.5 Å². The van der Waals surface area contributed by atoms with Gasteiger partial charge in [0.05, 0.1) is 16.8 Å². The number of aliphatic hydroxyl groups is 1. The number of fused-ring (bicyclic) bond motifs is 2. The van der Waals surface area contributed by atoms with E-state index in [1.807, 2.05) is 73.7 Å². The van der Waals surface area contributed by atoms with Crippen molar-refractivity contribution in [2.45, 2.75) is 31.3 Å². The van der Waals surface area contributed by atoms with Crippen molar-refractivity contribution in [1.29, 1.82) is 0 Å². The Balaban J connectivity index is 1.50. The van der Waals surface area contributed by atoms with Gasteiger partial charge in [0, 0.05) is 34.3 Å². The third-order valence-corrected chi connectivity index (χ3v) is 6.62. The molecule has 0 aliphatic heterocycles. The third kappa shape index (κ3) is 3.33. The van der Waals surface area contributed by atoms with Gasteiger partial charge in [-0.25, -0.2) is 14.5 Å². The van der Waals surface area contributed by atoms with Gasteiger partial charge in [-0.2, -0.15) is 5.10 Å². The second kappa shape index (κ2) is 7.46. The van der Waals surface area contributed by atoms with Gasteiger partial charge in [-0.05, 0) is 38.0 Å². The van der Waals surface area contributed by atoms with Crippen LogP contribution in [0.1, 0.15) is 41.7 Å². The largest absolute Gasteiger partial charge is 0.390 e. The molecule has 3 N–H and O–H groups in total. The molecule has 7 heteroatoms. The summed E-state index contributed by atoms with van der Waals surface area (Å²) in [5, 5.41) is 16.0. The van der Waals surface area contributed by atoms with Crippen LogP contribution in [0.25, 0.3) is 39.1 Å². The molecule has 1 fully saturated rings. The van der Waals surface area contributed by atoms with Gasteiger partial charge in [0.2, 0.25) is 0 Å². The van der Waals surface area contributed by atoms with Crippen LogP contribution in [0.2, 0.25) is 0 Å². The van der Waals surface area contributed by atoms with Crippen molar-refractivity contribution < 1.29 is 9.90 Å². The summed E-state index contributed by atoms with van der Waals surface area (Å²) in [5.41, 5.74) is 10.7. The minimum atomic E-state index is -0.677. The van der Waals surface area contributed by atoms with E-state index in [4.69, 9.17) is 15.8 Å². The van der Waals surface area contributed by atoms with Gasteiger partial charge in [0.25, 0.3) is 5.91 Å². The summed E-state index contributed by atoms with van der Waals surface area (Å²) in [5.74, 6) is -0.443. The van der Waals surface area contributed by atoms with E-state index in [9.17, 15) is 9.90 Å². The fraction of sp³-hybridized carbons (Fsp3) is 0.185. The van der Waals surface area contributed by atoms with E-state index in [-0.39, 0.29) is 11.5 Å².